The van der Waals surface area contributed by atoms with E-state index in [1.54, 1.807) is 21.1 Å². The maximum absolute atomic E-state index is 12.0. The average molecular weight is 389 g/mol. The molecule has 5 heteroatoms. The molecule has 2 aromatic carbocycles. The number of hydrogen-bond acceptors (Lipinski definition) is 4. The van der Waals surface area contributed by atoms with Gasteiger partial charge < -0.3 is 14.2 Å². The maximum atomic E-state index is 12.0. The van der Waals surface area contributed by atoms with Crippen molar-refractivity contribution in [3.63, 3.8) is 0 Å². The molecule has 0 fully saturated rings. The lowest BCUT2D eigenvalue weighted by Crippen LogP contribution is -2.15. The Kier molecular flexibility index (Phi) is 7.74. The van der Waals surface area contributed by atoms with E-state index in [9.17, 15) is 4.79 Å². The van der Waals surface area contributed by atoms with Crippen molar-refractivity contribution in [3.8, 4) is 11.5 Å². The van der Waals surface area contributed by atoms with Gasteiger partial charge in [0.05, 0.1) is 26.7 Å². The standard InChI is InChI=1S/C22H25ClO4/c1-5-27-22(24)15(2)14-20(23)21(16-6-10-18(25-3)11-7-16)17-8-12-19(26-4)13-9-17/h6-13,15H,5,14H2,1-4H3. The Hall–Kier alpha value is -2.46. The first kappa shape index (κ1) is 20.8. The van der Waals surface area contributed by atoms with E-state index in [1.807, 2.05) is 55.5 Å². The van der Waals surface area contributed by atoms with Crippen LogP contribution in [0, 0.1) is 5.92 Å². The van der Waals surface area contributed by atoms with Gasteiger partial charge in [-0.15, -0.1) is 0 Å². The molecule has 0 radical (unpaired) electrons. The zero-order valence-corrected chi connectivity index (χ0v) is 16.9. The minimum atomic E-state index is -0.330. The van der Waals surface area contributed by atoms with Crippen LogP contribution in [0.25, 0.3) is 5.57 Å². The van der Waals surface area contributed by atoms with E-state index in [0.717, 1.165) is 28.2 Å². The topological polar surface area (TPSA) is 44.8 Å². The molecule has 0 saturated carbocycles. The quantitative estimate of drug-likeness (QED) is 0.576. The molecule has 4 nitrogen and oxygen atoms in total. The van der Waals surface area contributed by atoms with Crippen LogP contribution >= 0.6 is 11.6 Å². The van der Waals surface area contributed by atoms with E-state index in [1.165, 1.54) is 0 Å². The van der Waals surface area contributed by atoms with Gasteiger partial charge in [-0.05, 0) is 48.7 Å². The first-order valence-electron chi connectivity index (χ1n) is 8.84. The number of methoxy groups -OCH3 is 2. The molecular formula is C22H25ClO4. The molecule has 0 spiro atoms. The van der Waals surface area contributed by atoms with E-state index < -0.39 is 0 Å². The molecule has 1 unspecified atom stereocenters. The van der Waals surface area contributed by atoms with Gasteiger partial charge in [0.2, 0.25) is 0 Å². The molecule has 144 valence electrons. The molecule has 2 rings (SSSR count). The third-order valence-electron chi connectivity index (χ3n) is 4.20. The number of rotatable bonds is 8. The van der Waals surface area contributed by atoms with Crippen LogP contribution in [0.1, 0.15) is 31.4 Å². The smallest absolute Gasteiger partial charge is 0.309 e. The summed E-state index contributed by atoms with van der Waals surface area (Å²) in [6.07, 6.45) is 0.397. The minimum absolute atomic E-state index is 0.250. The van der Waals surface area contributed by atoms with Crippen LogP contribution in [0.2, 0.25) is 0 Å². The van der Waals surface area contributed by atoms with E-state index in [4.69, 9.17) is 25.8 Å². The van der Waals surface area contributed by atoms with Crippen molar-refractivity contribution in [2.75, 3.05) is 20.8 Å². The van der Waals surface area contributed by atoms with Crippen LogP contribution in [-0.2, 0) is 9.53 Å². The Morgan fingerprint density at radius 3 is 1.74 bits per heavy atom. The van der Waals surface area contributed by atoms with Crippen LogP contribution in [0.15, 0.2) is 53.6 Å². The Bertz CT molecular complexity index is 729. The van der Waals surface area contributed by atoms with Gasteiger partial charge in [0, 0.05) is 10.6 Å². The molecule has 0 aromatic heterocycles. The maximum Gasteiger partial charge on any atom is 0.309 e. The second-order valence-electron chi connectivity index (χ2n) is 6.09. The fourth-order valence-corrected chi connectivity index (χ4v) is 3.18. The summed E-state index contributed by atoms with van der Waals surface area (Å²) in [4.78, 5) is 12.0. The summed E-state index contributed by atoms with van der Waals surface area (Å²) < 4.78 is 15.6. The molecule has 0 amide bonds. The molecule has 1 atom stereocenters. The first-order valence-corrected chi connectivity index (χ1v) is 9.22. The van der Waals surface area contributed by atoms with Gasteiger partial charge in [0.15, 0.2) is 0 Å². The average Bonchev–Trinajstić information content (AvgIpc) is 2.69. The lowest BCUT2D eigenvalue weighted by atomic mass is 9.94. The highest BCUT2D eigenvalue weighted by atomic mass is 35.5. The molecule has 0 saturated heterocycles. The summed E-state index contributed by atoms with van der Waals surface area (Å²) in [6, 6.07) is 15.4. The van der Waals surface area contributed by atoms with Crippen molar-refractivity contribution in [2.45, 2.75) is 20.3 Å². The lowest BCUT2D eigenvalue weighted by Gasteiger charge is -2.16. The van der Waals surface area contributed by atoms with Crippen molar-refractivity contribution in [3.05, 3.63) is 64.7 Å². The highest BCUT2D eigenvalue weighted by Gasteiger charge is 2.19. The Morgan fingerprint density at radius 1 is 0.926 bits per heavy atom. The van der Waals surface area contributed by atoms with E-state index in [0.29, 0.717) is 18.1 Å². The third-order valence-corrected chi connectivity index (χ3v) is 4.55. The van der Waals surface area contributed by atoms with Crippen LogP contribution in [0.3, 0.4) is 0 Å². The van der Waals surface area contributed by atoms with Crippen LogP contribution in [0.4, 0.5) is 0 Å². The number of benzene rings is 2. The van der Waals surface area contributed by atoms with E-state index in [-0.39, 0.29) is 11.9 Å². The third kappa shape index (κ3) is 5.51. The second kappa shape index (κ2) is 10.0. The molecule has 2 aromatic rings. The van der Waals surface area contributed by atoms with Crippen molar-refractivity contribution < 1.29 is 19.0 Å². The predicted molar refractivity (Wildman–Crippen MR) is 108 cm³/mol. The Balaban J connectivity index is 2.44. The lowest BCUT2D eigenvalue weighted by molar-refractivity contribution is -0.147. The van der Waals surface area contributed by atoms with Gasteiger partial charge in [-0.1, -0.05) is 42.8 Å². The van der Waals surface area contributed by atoms with Crippen LogP contribution in [-0.4, -0.2) is 26.8 Å². The van der Waals surface area contributed by atoms with Crippen molar-refractivity contribution >= 4 is 23.1 Å². The van der Waals surface area contributed by atoms with Gasteiger partial charge in [-0.3, -0.25) is 4.79 Å². The molecule has 0 aliphatic rings. The molecule has 0 aliphatic heterocycles. The first-order chi connectivity index (χ1) is 13.0. The van der Waals surface area contributed by atoms with Gasteiger partial charge in [0.1, 0.15) is 11.5 Å². The SMILES string of the molecule is CCOC(=O)C(C)CC(Cl)=C(c1ccc(OC)cc1)c1ccc(OC)cc1. The van der Waals surface area contributed by atoms with Gasteiger partial charge in [0.25, 0.3) is 0 Å². The summed E-state index contributed by atoms with van der Waals surface area (Å²) >= 11 is 6.71. The second-order valence-corrected chi connectivity index (χ2v) is 6.55. The van der Waals surface area contributed by atoms with E-state index >= 15 is 0 Å². The molecule has 0 N–H and O–H groups in total. The summed E-state index contributed by atoms with van der Waals surface area (Å²) in [7, 11) is 3.26. The van der Waals surface area contributed by atoms with Crippen molar-refractivity contribution in [2.24, 2.45) is 5.92 Å². The normalized spacial score (nSPS) is 11.4. The zero-order valence-electron chi connectivity index (χ0n) is 16.1. The molecule has 0 aliphatic carbocycles. The predicted octanol–water partition coefficient (Wildman–Crippen LogP) is 5.29. The number of ether oxygens (including phenoxy) is 3. The fraction of sp³-hybridized carbons (Fsp3) is 0.318. The molecular weight excluding hydrogens is 364 g/mol. The molecule has 0 bridgehead atoms. The van der Waals surface area contributed by atoms with Crippen molar-refractivity contribution in [1.29, 1.82) is 0 Å². The summed E-state index contributed by atoms with van der Waals surface area (Å²) in [5.41, 5.74) is 2.77. The largest absolute Gasteiger partial charge is 0.497 e. The minimum Gasteiger partial charge on any atom is -0.497 e. The van der Waals surface area contributed by atoms with E-state index in [2.05, 4.69) is 0 Å². The van der Waals surface area contributed by atoms with Crippen LogP contribution in [0.5, 0.6) is 11.5 Å². The summed E-state index contributed by atoms with van der Waals surface area (Å²) in [5.74, 6) is 0.955. The Morgan fingerprint density at radius 2 is 1.37 bits per heavy atom. The highest BCUT2D eigenvalue weighted by molar-refractivity contribution is 6.33. The fourth-order valence-electron chi connectivity index (χ4n) is 2.73. The number of halogens is 1. The van der Waals surface area contributed by atoms with Gasteiger partial charge in [-0.25, -0.2) is 0 Å². The Labute approximate surface area is 165 Å². The summed E-state index contributed by atoms with van der Waals surface area (Å²) in [6.45, 7) is 3.97. The number of carbonyl (C=O) groups excluding carboxylic acids is 1. The number of esters is 1. The molecule has 27 heavy (non-hydrogen) atoms. The summed E-state index contributed by atoms with van der Waals surface area (Å²) in [5, 5.41) is 0.603. The zero-order chi connectivity index (χ0) is 19.8. The highest BCUT2D eigenvalue weighted by Crippen LogP contribution is 2.34. The monoisotopic (exact) mass is 388 g/mol. The number of hydrogen-bond donors (Lipinski definition) is 0. The number of carbonyl (C=O) groups is 1. The van der Waals surface area contributed by atoms with Crippen molar-refractivity contribution in [1.82, 2.24) is 0 Å². The van der Waals surface area contributed by atoms with Crippen LogP contribution < -0.4 is 9.47 Å². The van der Waals surface area contributed by atoms with Gasteiger partial charge in [-0.2, -0.15) is 0 Å². The number of allylic oxidation sites excluding steroid dienone is 1. The van der Waals surface area contributed by atoms with Gasteiger partial charge >= 0.3 is 5.97 Å². The molecule has 0 heterocycles.